The number of aromatic nitrogens is 3. The van der Waals surface area contributed by atoms with Crippen molar-refractivity contribution in [3.8, 4) is 11.4 Å². The summed E-state index contributed by atoms with van der Waals surface area (Å²) in [5, 5.41) is 12.8. The van der Waals surface area contributed by atoms with Gasteiger partial charge in [-0.2, -0.15) is 0 Å². The molecule has 0 radical (unpaired) electrons. The molecule has 158 valence electrons. The van der Waals surface area contributed by atoms with Crippen molar-refractivity contribution in [2.45, 2.75) is 57.3 Å². The van der Waals surface area contributed by atoms with Crippen LogP contribution >= 0.6 is 11.8 Å². The number of rotatable bonds is 7. The minimum Gasteiger partial charge on any atom is -0.467 e. The number of hydrogen-bond acceptors (Lipinski definition) is 5. The maximum Gasteiger partial charge on any atom is 0.230 e. The van der Waals surface area contributed by atoms with Crippen molar-refractivity contribution in [2.24, 2.45) is 5.92 Å². The molecule has 3 aromatic rings. The Morgan fingerprint density at radius 3 is 2.87 bits per heavy atom. The molecule has 1 aromatic carbocycles. The van der Waals surface area contributed by atoms with Gasteiger partial charge in [0.15, 0.2) is 11.0 Å². The van der Waals surface area contributed by atoms with Crippen molar-refractivity contribution in [3.63, 3.8) is 0 Å². The summed E-state index contributed by atoms with van der Waals surface area (Å²) in [6, 6.07) is 12.3. The van der Waals surface area contributed by atoms with E-state index in [0.717, 1.165) is 34.3 Å². The third kappa shape index (κ3) is 4.95. The molecular weight excluding hydrogens is 396 g/mol. The number of furan rings is 1. The maximum absolute atomic E-state index is 12.6. The van der Waals surface area contributed by atoms with E-state index in [1.165, 1.54) is 31.0 Å². The molecule has 0 saturated heterocycles. The quantitative estimate of drug-likeness (QED) is 0.558. The molecule has 30 heavy (non-hydrogen) atoms. The van der Waals surface area contributed by atoms with Crippen LogP contribution in [0, 0.1) is 12.8 Å². The highest BCUT2D eigenvalue weighted by atomic mass is 32.2. The molecule has 1 amide bonds. The summed E-state index contributed by atoms with van der Waals surface area (Å²) in [5.41, 5.74) is 2.16. The van der Waals surface area contributed by atoms with Gasteiger partial charge in [0, 0.05) is 11.6 Å². The molecular formula is C23H28N4O2S. The smallest absolute Gasteiger partial charge is 0.230 e. The van der Waals surface area contributed by atoms with E-state index in [0.29, 0.717) is 18.2 Å². The second-order valence-electron chi connectivity index (χ2n) is 8.07. The highest BCUT2D eigenvalue weighted by Gasteiger charge is 2.23. The van der Waals surface area contributed by atoms with E-state index in [4.69, 9.17) is 4.42 Å². The third-order valence-electron chi connectivity index (χ3n) is 5.68. The van der Waals surface area contributed by atoms with Crippen molar-refractivity contribution >= 4 is 17.7 Å². The molecule has 0 aliphatic heterocycles. The van der Waals surface area contributed by atoms with E-state index in [2.05, 4.69) is 41.5 Å². The number of carbonyl (C=O) groups is 1. The molecule has 1 aliphatic rings. The highest BCUT2D eigenvalue weighted by Crippen LogP contribution is 2.27. The highest BCUT2D eigenvalue weighted by molar-refractivity contribution is 7.99. The first kappa shape index (κ1) is 20.7. The second kappa shape index (κ2) is 9.51. The number of carbonyl (C=O) groups excluding carboxylic acids is 1. The third-order valence-corrected chi connectivity index (χ3v) is 6.64. The minimum atomic E-state index is 0.0587. The number of amides is 1. The van der Waals surface area contributed by atoms with Gasteiger partial charge in [-0.25, -0.2) is 0 Å². The van der Waals surface area contributed by atoms with E-state index in [1.54, 1.807) is 6.26 Å². The Bertz CT molecular complexity index is 983. The van der Waals surface area contributed by atoms with Crippen molar-refractivity contribution in [2.75, 3.05) is 5.75 Å². The zero-order chi connectivity index (χ0) is 20.9. The fourth-order valence-corrected chi connectivity index (χ4v) is 4.75. The van der Waals surface area contributed by atoms with Crippen LogP contribution in [0.1, 0.15) is 43.9 Å². The number of aryl methyl sites for hydroxylation is 1. The fraction of sp³-hybridized carbons (Fsp3) is 0.435. The number of thioether (sulfide) groups is 1. The molecule has 2 heterocycles. The molecule has 2 atom stereocenters. The first-order chi connectivity index (χ1) is 14.6. The van der Waals surface area contributed by atoms with Gasteiger partial charge in [-0.15, -0.1) is 10.2 Å². The molecule has 1 saturated carbocycles. The lowest BCUT2D eigenvalue weighted by Gasteiger charge is -2.29. The van der Waals surface area contributed by atoms with Crippen LogP contribution in [0.4, 0.5) is 0 Å². The van der Waals surface area contributed by atoms with Gasteiger partial charge in [0.05, 0.1) is 18.6 Å². The van der Waals surface area contributed by atoms with Crippen LogP contribution in [0.5, 0.6) is 0 Å². The molecule has 4 rings (SSSR count). The topological polar surface area (TPSA) is 73.0 Å². The van der Waals surface area contributed by atoms with Crippen LogP contribution in [0.2, 0.25) is 0 Å². The van der Waals surface area contributed by atoms with Gasteiger partial charge in [0.25, 0.3) is 0 Å². The second-order valence-corrected chi connectivity index (χ2v) is 9.01. The molecule has 7 heteroatoms. The summed E-state index contributed by atoms with van der Waals surface area (Å²) in [5.74, 6) is 2.53. The summed E-state index contributed by atoms with van der Waals surface area (Å²) in [7, 11) is 0. The Balaban J connectivity index is 1.50. The van der Waals surface area contributed by atoms with E-state index in [1.807, 2.05) is 28.8 Å². The van der Waals surface area contributed by atoms with Gasteiger partial charge in [0.1, 0.15) is 5.76 Å². The van der Waals surface area contributed by atoms with Crippen LogP contribution < -0.4 is 5.32 Å². The van der Waals surface area contributed by atoms with E-state index < -0.39 is 0 Å². The molecule has 0 spiro atoms. The zero-order valence-electron chi connectivity index (χ0n) is 17.5. The zero-order valence-corrected chi connectivity index (χ0v) is 18.3. The Kier molecular flexibility index (Phi) is 6.57. The van der Waals surface area contributed by atoms with Crippen molar-refractivity contribution in [3.05, 3.63) is 54.0 Å². The molecule has 2 aromatic heterocycles. The Morgan fingerprint density at radius 2 is 2.10 bits per heavy atom. The summed E-state index contributed by atoms with van der Waals surface area (Å²) >= 11 is 1.42. The van der Waals surface area contributed by atoms with Crippen LogP contribution in [-0.4, -0.2) is 32.5 Å². The van der Waals surface area contributed by atoms with Crippen LogP contribution in [0.15, 0.2) is 52.2 Å². The van der Waals surface area contributed by atoms with Crippen LogP contribution in [0.3, 0.4) is 0 Å². The first-order valence-corrected chi connectivity index (χ1v) is 11.5. The van der Waals surface area contributed by atoms with Gasteiger partial charge >= 0.3 is 0 Å². The predicted octanol–water partition coefficient (Wildman–Crippen LogP) is 4.68. The van der Waals surface area contributed by atoms with Crippen molar-refractivity contribution in [1.82, 2.24) is 20.1 Å². The number of nitrogens with one attached hydrogen (secondary N) is 1. The molecule has 6 nitrogen and oxygen atoms in total. The normalized spacial score (nSPS) is 19.0. The van der Waals surface area contributed by atoms with Gasteiger partial charge in [-0.3, -0.25) is 9.36 Å². The molecule has 0 bridgehead atoms. The Morgan fingerprint density at radius 1 is 1.23 bits per heavy atom. The molecule has 1 aliphatic carbocycles. The van der Waals surface area contributed by atoms with E-state index >= 15 is 0 Å². The monoisotopic (exact) mass is 424 g/mol. The van der Waals surface area contributed by atoms with E-state index in [-0.39, 0.29) is 11.9 Å². The Hall–Kier alpha value is -2.54. The number of benzene rings is 1. The van der Waals surface area contributed by atoms with E-state index in [9.17, 15) is 4.79 Å². The lowest BCUT2D eigenvalue weighted by Crippen LogP contribution is -2.41. The molecule has 1 N–H and O–H groups in total. The van der Waals surface area contributed by atoms with Gasteiger partial charge in [-0.05, 0) is 43.9 Å². The summed E-state index contributed by atoms with van der Waals surface area (Å²) in [4.78, 5) is 12.6. The summed E-state index contributed by atoms with van der Waals surface area (Å²) in [6.45, 7) is 4.81. The first-order valence-electron chi connectivity index (χ1n) is 10.5. The summed E-state index contributed by atoms with van der Waals surface area (Å²) in [6.07, 6.45) is 6.39. The lowest BCUT2D eigenvalue weighted by atomic mass is 9.86. The van der Waals surface area contributed by atoms with Crippen molar-refractivity contribution < 1.29 is 9.21 Å². The average molecular weight is 425 g/mol. The lowest BCUT2D eigenvalue weighted by molar-refractivity contribution is -0.119. The van der Waals surface area contributed by atoms with Gasteiger partial charge in [0.2, 0.25) is 5.91 Å². The Labute approximate surface area is 181 Å². The SMILES string of the molecule is Cc1cccc(-c2nnc(SCC(=O)N[C@H]3CCCC[C@@H]3C)n2Cc2ccco2)c1. The van der Waals surface area contributed by atoms with Gasteiger partial charge in [-0.1, -0.05) is 55.3 Å². The number of hydrogen-bond donors (Lipinski definition) is 1. The summed E-state index contributed by atoms with van der Waals surface area (Å²) < 4.78 is 7.57. The largest absolute Gasteiger partial charge is 0.467 e. The number of nitrogens with zero attached hydrogens (tertiary/aromatic N) is 3. The predicted molar refractivity (Wildman–Crippen MR) is 118 cm³/mol. The minimum absolute atomic E-state index is 0.0587. The standard InChI is InChI=1S/C23H28N4O2S/c1-16-7-5-9-18(13-16)22-25-26-23(27(22)14-19-10-6-12-29-19)30-15-21(28)24-20-11-4-3-8-17(20)2/h5-7,9-10,12-13,17,20H,3-4,8,11,14-15H2,1-2H3,(H,24,28)/t17-,20-/m0/s1. The van der Waals surface area contributed by atoms with Crippen molar-refractivity contribution in [1.29, 1.82) is 0 Å². The average Bonchev–Trinajstić information content (AvgIpc) is 3.39. The molecule has 1 fully saturated rings. The van der Waals surface area contributed by atoms with Gasteiger partial charge < -0.3 is 9.73 Å². The van der Waals surface area contributed by atoms with Crippen LogP contribution in [-0.2, 0) is 11.3 Å². The maximum atomic E-state index is 12.6. The van der Waals surface area contributed by atoms with Crippen LogP contribution in [0.25, 0.3) is 11.4 Å². The molecule has 0 unspecified atom stereocenters. The fourth-order valence-electron chi connectivity index (χ4n) is 4.00.